The SMILES string of the molecule is CC(CNS(=O)(=O)c1cc(N)ccc1Br)c1ccccc1. The molecule has 2 rings (SSSR count). The summed E-state index contributed by atoms with van der Waals surface area (Å²) in [4.78, 5) is 0.155. The van der Waals surface area contributed by atoms with E-state index in [0.717, 1.165) is 5.56 Å². The first kappa shape index (κ1) is 16.0. The number of hydrogen-bond acceptors (Lipinski definition) is 3. The van der Waals surface area contributed by atoms with Gasteiger partial charge in [-0.05, 0) is 45.6 Å². The van der Waals surface area contributed by atoms with Crippen LogP contribution in [0.1, 0.15) is 18.4 Å². The molecule has 0 heterocycles. The van der Waals surface area contributed by atoms with E-state index in [1.165, 1.54) is 6.07 Å². The van der Waals surface area contributed by atoms with Crippen molar-refractivity contribution in [2.45, 2.75) is 17.7 Å². The summed E-state index contributed by atoms with van der Waals surface area (Å²) in [6.45, 7) is 2.31. The van der Waals surface area contributed by atoms with E-state index >= 15 is 0 Å². The maximum atomic E-state index is 12.3. The zero-order chi connectivity index (χ0) is 15.5. The summed E-state index contributed by atoms with van der Waals surface area (Å²) in [6.07, 6.45) is 0. The van der Waals surface area contributed by atoms with Crippen molar-refractivity contribution in [1.82, 2.24) is 4.72 Å². The lowest BCUT2D eigenvalue weighted by Crippen LogP contribution is -2.28. The van der Waals surface area contributed by atoms with E-state index in [1.54, 1.807) is 12.1 Å². The first-order valence-electron chi connectivity index (χ1n) is 6.50. The van der Waals surface area contributed by atoms with Gasteiger partial charge in [0.2, 0.25) is 10.0 Å². The fourth-order valence-electron chi connectivity index (χ4n) is 1.94. The summed E-state index contributed by atoms with van der Waals surface area (Å²) >= 11 is 3.24. The molecular weight excluding hydrogens is 352 g/mol. The summed E-state index contributed by atoms with van der Waals surface area (Å²) in [5.74, 6) is 0.0841. The van der Waals surface area contributed by atoms with Crippen LogP contribution < -0.4 is 10.5 Å². The molecule has 2 aromatic rings. The van der Waals surface area contributed by atoms with Crippen molar-refractivity contribution >= 4 is 31.6 Å². The number of nitrogen functional groups attached to an aromatic ring is 1. The third kappa shape index (κ3) is 4.06. The highest BCUT2D eigenvalue weighted by Crippen LogP contribution is 2.24. The Bertz CT molecular complexity index is 718. The summed E-state index contributed by atoms with van der Waals surface area (Å²) < 4.78 is 27.8. The zero-order valence-corrected chi connectivity index (χ0v) is 14.0. The van der Waals surface area contributed by atoms with Gasteiger partial charge < -0.3 is 5.73 Å². The average Bonchev–Trinajstić information content (AvgIpc) is 2.48. The number of benzene rings is 2. The number of rotatable bonds is 5. The summed E-state index contributed by atoms with van der Waals surface area (Å²) in [5.41, 5.74) is 7.16. The minimum absolute atomic E-state index is 0.0841. The van der Waals surface area contributed by atoms with E-state index in [0.29, 0.717) is 16.7 Å². The maximum Gasteiger partial charge on any atom is 0.241 e. The minimum atomic E-state index is -3.59. The Kier molecular flexibility index (Phi) is 5.03. The number of nitrogens with two attached hydrogens (primary N) is 1. The molecule has 1 unspecified atom stereocenters. The van der Waals surface area contributed by atoms with Crippen molar-refractivity contribution in [3.05, 3.63) is 58.6 Å². The molecule has 3 N–H and O–H groups in total. The Hall–Kier alpha value is -1.37. The number of nitrogens with one attached hydrogen (secondary N) is 1. The van der Waals surface area contributed by atoms with E-state index in [-0.39, 0.29) is 10.8 Å². The quantitative estimate of drug-likeness (QED) is 0.796. The Morgan fingerprint density at radius 2 is 1.86 bits per heavy atom. The van der Waals surface area contributed by atoms with Crippen LogP contribution in [0, 0.1) is 0 Å². The molecule has 0 spiro atoms. The molecule has 0 aliphatic rings. The first-order valence-corrected chi connectivity index (χ1v) is 8.77. The van der Waals surface area contributed by atoms with Gasteiger partial charge >= 0.3 is 0 Å². The molecule has 0 saturated carbocycles. The smallest absolute Gasteiger partial charge is 0.241 e. The van der Waals surface area contributed by atoms with Gasteiger partial charge in [-0.3, -0.25) is 0 Å². The van der Waals surface area contributed by atoms with Gasteiger partial charge in [0.25, 0.3) is 0 Å². The van der Waals surface area contributed by atoms with Gasteiger partial charge in [-0.15, -0.1) is 0 Å². The van der Waals surface area contributed by atoms with Crippen LogP contribution in [0.3, 0.4) is 0 Å². The van der Waals surface area contributed by atoms with Crippen molar-refractivity contribution in [2.75, 3.05) is 12.3 Å². The fraction of sp³-hybridized carbons (Fsp3) is 0.200. The van der Waals surface area contributed by atoms with Crippen molar-refractivity contribution in [3.8, 4) is 0 Å². The number of anilines is 1. The molecule has 0 fully saturated rings. The van der Waals surface area contributed by atoms with Crippen LogP contribution in [0.5, 0.6) is 0 Å². The maximum absolute atomic E-state index is 12.3. The third-order valence-electron chi connectivity index (χ3n) is 3.19. The van der Waals surface area contributed by atoms with Crippen LogP contribution in [0.4, 0.5) is 5.69 Å². The van der Waals surface area contributed by atoms with Crippen LogP contribution in [0.2, 0.25) is 0 Å². The Balaban J connectivity index is 2.13. The van der Waals surface area contributed by atoms with Gasteiger partial charge in [-0.2, -0.15) is 0 Å². The van der Waals surface area contributed by atoms with Crippen LogP contribution in [-0.2, 0) is 10.0 Å². The van der Waals surface area contributed by atoms with Crippen molar-refractivity contribution in [3.63, 3.8) is 0 Å². The standard InChI is InChI=1S/C15H17BrN2O2S/c1-11(12-5-3-2-4-6-12)10-18-21(19,20)15-9-13(17)7-8-14(15)16/h2-9,11,18H,10,17H2,1H3. The molecule has 4 nitrogen and oxygen atoms in total. The third-order valence-corrected chi connectivity index (χ3v) is 5.61. The lowest BCUT2D eigenvalue weighted by molar-refractivity contribution is 0.574. The molecule has 0 amide bonds. The van der Waals surface area contributed by atoms with E-state index in [9.17, 15) is 8.42 Å². The molecule has 2 aromatic carbocycles. The molecular formula is C15H17BrN2O2S. The minimum Gasteiger partial charge on any atom is -0.399 e. The number of halogens is 1. The Morgan fingerprint density at radius 3 is 2.52 bits per heavy atom. The van der Waals surface area contributed by atoms with Gasteiger partial charge in [0, 0.05) is 16.7 Å². The molecule has 112 valence electrons. The largest absolute Gasteiger partial charge is 0.399 e. The molecule has 1 atom stereocenters. The molecule has 21 heavy (non-hydrogen) atoms. The van der Waals surface area contributed by atoms with Gasteiger partial charge in [0.1, 0.15) is 0 Å². The van der Waals surface area contributed by atoms with E-state index in [4.69, 9.17) is 5.73 Å². The average molecular weight is 369 g/mol. The Morgan fingerprint density at radius 1 is 1.19 bits per heavy atom. The van der Waals surface area contributed by atoms with Crippen LogP contribution >= 0.6 is 15.9 Å². The molecule has 0 aliphatic heterocycles. The predicted octanol–water partition coefficient (Wildman–Crippen LogP) is 3.11. The van der Waals surface area contributed by atoms with Crippen LogP contribution in [-0.4, -0.2) is 15.0 Å². The van der Waals surface area contributed by atoms with Crippen molar-refractivity contribution in [2.24, 2.45) is 0 Å². The number of sulfonamides is 1. The predicted molar refractivity (Wildman–Crippen MR) is 88.6 cm³/mol. The second-order valence-electron chi connectivity index (χ2n) is 4.85. The highest BCUT2D eigenvalue weighted by atomic mass is 79.9. The van der Waals surface area contributed by atoms with Crippen LogP contribution in [0.15, 0.2) is 57.9 Å². The second-order valence-corrected chi connectivity index (χ2v) is 7.44. The fourth-order valence-corrected chi connectivity index (χ4v) is 4.06. The molecule has 0 saturated heterocycles. The van der Waals surface area contributed by atoms with Gasteiger partial charge in [0.05, 0.1) is 4.90 Å². The highest BCUT2D eigenvalue weighted by molar-refractivity contribution is 9.10. The second kappa shape index (κ2) is 6.60. The highest BCUT2D eigenvalue weighted by Gasteiger charge is 2.19. The van der Waals surface area contributed by atoms with Gasteiger partial charge in [-0.25, -0.2) is 13.1 Å². The first-order chi connectivity index (χ1) is 9.90. The summed E-state index contributed by atoms with van der Waals surface area (Å²) in [5, 5.41) is 0. The Labute approximate surface area is 133 Å². The topological polar surface area (TPSA) is 72.2 Å². The monoisotopic (exact) mass is 368 g/mol. The van der Waals surface area contributed by atoms with E-state index < -0.39 is 10.0 Å². The van der Waals surface area contributed by atoms with Gasteiger partial charge in [-0.1, -0.05) is 37.3 Å². The molecule has 0 bridgehead atoms. The summed E-state index contributed by atoms with van der Waals surface area (Å²) in [6, 6.07) is 14.5. The number of hydrogen-bond donors (Lipinski definition) is 2. The van der Waals surface area contributed by atoms with Crippen molar-refractivity contribution < 1.29 is 8.42 Å². The zero-order valence-electron chi connectivity index (χ0n) is 11.6. The molecule has 6 heteroatoms. The van der Waals surface area contributed by atoms with Gasteiger partial charge in [0.15, 0.2) is 0 Å². The lowest BCUT2D eigenvalue weighted by atomic mass is 10.0. The van der Waals surface area contributed by atoms with Crippen LogP contribution in [0.25, 0.3) is 0 Å². The normalized spacial score (nSPS) is 13.0. The van der Waals surface area contributed by atoms with Crippen molar-refractivity contribution in [1.29, 1.82) is 0 Å². The molecule has 0 radical (unpaired) electrons. The molecule has 0 aliphatic carbocycles. The van der Waals surface area contributed by atoms with E-state index in [1.807, 2.05) is 37.3 Å². The lowest BCUT2D eigenvalue weighted by Gasteiger charge is -2.14. The molecule has 0 aromatic heterocycles. The van der Waals surface area contributed by atoms with E-state index in [2.05, 4.69) is 20.7 Å². The summed E-state index contributed by atoms with van der Waals surface area (Å²) in [7, 11) is -3.59.